The lowest BCUT2D eigenvalue weighted by Gasteiger charge is -2.26. The first-order valence-electron chi connectivity index (χ1n) is 11.4. The van der Waals surface area contributed by atoms with Crippen LogP contribution in [0.4, 0.5) is 10.6 Å². The monoisotopic (exact) mass is 489 g/mol. The fourth-order valence-electron chi connectivity index (χ4n) is 3.79. The molecule has 0 aliphatic carbocycles. The maximum absolute atomic E-state index is 12.8. The highest BCUT2D eigenvalue weighted by Gasteiger charge is 2.35. The van der Waals surface area contributed by atoms with Gasteiger partial charge in [-0.25, -0.2) is 9.59 Å². The molecule has 3 heterocycles. The van der Waals surface area contributed by atoms with Gasteiger partial charge in [-0.05, 0) is 58.4 Å². The van der Waals surface area contributed by atoms with Crippen LogP contribution in [-0.4, -0.2) is 32.3 Å². The van der Waals surface area contributed by atoms with Crippen molar-refractivity contribution in [3.63, 3.8) is 0 Å². The highest BCUT2D eigenvalue weighted by Crippen LogP contribution is 2.29. The molecule has 10 nitrogen and oxygen atoms in total. The Kier molecular flexibility index (Phi) is 6.66. The van der Waals surface area contributed by atoms with E-state index < -0.39 is 17.4 Å². The summed E-state index contributed by atoms with van der Waals surface area (Å²) < 4.78 is 18.5. The molecule has 186 valence electrons. The summed E-state index contributed by atoms with van der Waals surface area (Å²) in [4.78, 5) is 34.9. The lowest BCUT2D eigenvalue weighted by atomic mass is 10.1. The number of pyridine rings is 1. The zero-order valence-electron chi connectivity index (χ0n) is 20.8. The van der Waals surface area contributed by atoms with Crippen LogP contribution in [0.25, 0.3) is 0 Å². The van der Waals surface area contributed by atoms with Crippen molar-refractivity contribution in [1.82, 2.24) is 14.5 Å². The Bertz CT molecular complexity index is 1400. The molecule has 0 spiro atoms. The predicted molar refractivity (Wildman–Crippen MR) is 131 cm³/mol. The molecule has 0 N–H and O–H groups in total. The summed E-state index contributed by atoms with van der Waals surface area (Å²) in [6.45, 7) is 9.39. The molecule has 36 heavy (non-hydrogen) atoms. The molecule has 10 heteroatoms. The van der Waals surface area contributed by atoms with Gasteiger partial charge in [0.05, 0.1) is 11.6 Å². The van der Waals surface area contributed by atoms with E-state index in [0.717, 1.165) is 5.69 Å². The summed E-state index contributed by atoms with van der Waals surface area (Å²) in [5, 5.41) is 9.60. The molecule has 1 aliphatic rings. The smallest absolute Gasteiger partial charge is 0.416 e. The van der Waals surface area contributed by atoms with Gasteiger partial charge in [0.2, 0.25) is 5.88 Å². The van der Waals surface area contributed by atoms with E-state index in [1.165, 1.54) is 9.47 Å². The van der Waals surface area contributed by atoms with Gasteiger partial charge in [-0.15, -0.1) is 0 Å². The zero-order chi connectivity index (χ0) is 26.0. The first kappa shape index (κ1) is 24.7. The minimum atomic E-state index is -0.679. The first-order chi connectivity index (χ1) is 17.0. The van der Waals surface area contributed by atoms with Crippen molar-refractivity contribution in [2.24, 2.45) is 0 Å². The molecule has 3 aromatic rings. The maximum atomic E-state index is 12.8. The number of aromatic nitrogens is 3. The molecule has 0 fully saturated rings. The fraction of sp³-hybridized carbons (Fsp3) is 0.346. The second-order valence-corrected chi connectivity index (χ2v) is 9.51. The fourth-order valence-corrected chi connectivity index (χ4v) is 3.79. The largest absolute Gasteiger partial charge is 0.473 e. The van der Waals surface area contributed by atoms with Gasteiger partial charge < -0.3 is 14.2 Å². The maximum Gasteiger partial charge on any atom is 0.416 e. The molecule has 0 saturated carbocycles. The molecule has 0 bridgehead atoms. The first-order valence-corrected chi connectivity index (χ1v) is 11.4. The van der Waals surface area contributed by atoms with Crippen molar-refractivity contribution in [2.75, 3.05) is 4.90 Å². The van der Waals surface area contributed by atoms with Crippen LogP contribution in [0.5, 0.6) is 17.4 Å². The number of carbonyl (C=O) groups excluding carboxylic acids is 1. The molecular weight excluding hydrogens is 462 g/mol. The molecule has 1 aliphatic heterocycles. The molecule has 1 aromatic carbocycles. The van der Waals surface area contributed by atoms with E-state index in [0.29, 0.717) is 35.0 Å². The molecule has 1 atom stereocenters. The van der Waals surface area contributed by atoms with Gasteiger partial charge in [0.1, 0.15) is 35.6 Å². The number of aryl methyl sites for hydroxylation is 1. The highest BCUT2D eigenvalue weighted by atomic mass is 16.6. The number of rotatable bonds is 5. The van der Waals surface area contributed by atoms with Crippen LogP contribution in [0.2, 0.25) is 0 Å². The Morgan fingerprint density at radius 2 is 2.00 bits per heavy atom. The number of fused-ring (bicyclic) bond motifs is 1. The summed E-state index contributed by atoms with van der Waals surface area (Å²) in [5.41, 5.74) is 0.617. The second kappa shape index (κ2) is 9.70. The second-order valence-electron chi connectivity index (χ2n) is 9.51. The van der Waals surface area contributed by atoms with Crippen LogP contribution in [0.1, 0.15) is 44.5 Å². The highest BCUT2D eigenvalue weighted by molar-refractivity contribution is 5.88. The number of ether oxygens (including phenoxy) is 3. The number of hydrogen-bond acceptors (Lipinski definition) is 8. The predicted octanol–water partition coefficient (Wildman–Crippen LogP) is 4.33. The van der Waals surface area contributed by atoms with Gasteiger partial charge in [0.15, 0.2) is 0 Å². The van der Waals surface area contributed by atoms with Crippen LogP contribution in [0.15, 0.2) is 47.4 Å². The van der Waals surface area contributed by atoms with Crippen LogP contribution < -0.4 is 20.1 Å². The molecule has 0 saturated heterocycles. The number of anilines is 1. The van der Waals surface area contributed by atoms with Crippen LogP contribution in [0, 0.1) is 18.3 Å². The number of hydrogen-bond donors (Lipinski definition) is 0. The zero-order valence-corrected chi connectivity index (χ0v) is 20.8. The molecule has 4 rings (SSSR count). The molecule has 1 amide bonds. The molecule has 2 aromatic heterocycles. The van der Waals surface area contributed by atoms with Crippen LogP contribution >= 0.6 is 0 Å². The lowest BCUT2D eigenvalue weighted by Crippen LogP contribution is -2.40. The summed E-state index contributed by atoms with van der Waals surface area (Å²) >= 11 is 0. The van der Waals surface area contributed by atoms with E-state index in [1.54, 1.807) is 63.4 Å². The number of amides is 1. The third-order valence-corrected chi connectivity index (χ3v) is 5.34. The van der Waals surface area contributed by atoms with Gasteiger partial charge in [0, 0.05) is 30.6 Å². The van der Waals surface area contributed by atoms with Crippen molar-refractivity contribution >= 4 is 11.9 Å². The number of nitrogens with zero attached hydrogens (tertiary/aromatic N) is 5. The van der Waals surface area contributed by atoms with Gasteiger partial charge in [0.25, 0.3) is 0 Å². The van der Waals surface area contributed by atoms with Gasteiger partial charge in [-0.2, -0.15) is 10.2 Å². The SMILES string of the molecule is Cc1cc(Oc2ccc(COc3cc4n(c(=O)n3)C[C@H](C)N4C(=O)OC(C)(C)C)cc2C#N)ccn1. The van der Waals surface area contributed by atoms with Crippen molar-refractivity contribution in [3.05, 3.63) is 69.9 Å². The van der Waals surface area contributed by atoms with Crippen molar-refractivity contribution < 1.29 is 19.0 Å². The van der Waals surface area contributed by atoms with E-state index in [1.807, 2.05) is 13.8 Å². The number of nitriles is 1. The van der Waals surface area contributed by atoms with E-state index in [-0.39, 0.29) is 18.5 Å². The summed E-state index contributed by atoms with van der Waals surface area (Å²) in [6.07, 6.45) is 1.09. The Hall–Kier alpha value is -4.39. The standard InChI is InChI=1S/C26H27N5O5/c1-16-10-20(8-9-28-16)35-21-7-6-18(11-19(21)13-27)15-34-22-12-23-30(24(32)29-22)14-17(2)31(23)25(33)36-26(3,4)5/h6-12,17H,14-15H2,1-5H3/t17-/m0/s1. The van der Waals surface area contributed by atoms with E-state index in [2.05, 4.69) is 16.0 Å². The van der Waals surface area contributed by atoms with Crippen molar-refractivity contribution in [1.29, 1.82) is 5.26 Å². The third kappa shape index (κ3) is 5.46. The Morgan fingerprint density at radius 1 is 1.22 bits per heavy atom. The number of carbonyl (C=O) groups is 1. The summed E-state index contributed by atoms with van der Waals surface area (Å²) in [6, 6.07) is 12.0. The van der Waals surface area contributed by atoms with Crippen LogP contribution in [0.3, 0.4) is 0 Å². The third-order valence-electron chi connectivity index (χ3n) is 5.34. The average molecular weight is 490 g/mol. The van der Waals surface area contributed by atoms with E-state index >= 15 is 0 Å². The van der Waals surface area contributed by atoms with E-state index in [9.17, 15) is 14.9 Å². The normalized spacial score (nSPS) is 14.7. The topological polar surface area (TPSA) is 120 Å². The molecule has 0 unspecified atom stereocenters. The van der Waals surface area contributed by atoms with Gasteiger partial charge >= 0.3 is 11.8 Å². The quantitative estimate of drug-likeness (QED) is 0.519. The number of benzene rings is 1. The minimum Gasteiger partial charge on any atom is -0.473 e. The summed E-state index contributed by atoms with van der Waals surface area (Å²) in [5.74, 6) is 1.41. The van der Waals surface area contributed by atoms with Gasteiger partial charge in [-0.3, -0.25) is 14.5 Å². The molecular formula is C26H27N5O5. The average Bonchev–Trinajstić information content (AvgIpc) is 3.14. The van der Waals surface area contributed by atoms with E-state index in [4.69, 9.17) is 14.2 Å². The summed E-state index contributed by atoms with van der Waals surface area (Å²) in [7, 11) is 0. The lowest BCUT2D eigenvalue weighted by molar-refractivity contribution is 0.0572. The van der Waals surface area contributed by atoms with Crippen LogP contribution in [-0.2, 0) is 17.9 Å². The molecule has 0 radical (unpaired) electrons. The minimum absolute atomic E-state index is 0.0568. The Morgan fingerprint density at radius 3 is 2.69 bits per heavy atom. The van der Waals surface area contributed by atoms with Crippen molar-refractivity contribution in [2.45, 2.75) is 59.4 Å². The Balaban J connectivity index is 1.52. The van der Waals surface area contributed by atoms with Gasteiger partial charge in [-0.1, -0.05) is 6.07 Å². The van der Waals surface area contributed by atoms with Crippen molar-refractivity contribution in [3.8, 4) is 23.4 Å². The Labute approximate surface area is 208 Å².